The molecule has 0 fully saturated rings. The highest BCUT2D eigenvalue weighted by Crippen LogP contribution is 2.24. The first-order valence-electron chi connectivity index (χ1n) is 14.3. The third kappa shape index (κ3) is 13.4. The van der Waals surface area contributed by atoms with Gasteiger partial charge in [-0.25, -0.2) is 4.79 Å². The molecule has 0 N–H and O–H groups in total. The molecule has 3 rings (SSSR count). The van der Waals surface area contributed by atoms with Gasteiger partial charge in [-0.15, -0.1) is 0 Å². The predicted molar refractivity (Wildman–Crippen MR) is 189 cm³/mol. The predicted octanol–water partition coefficient (Wildman–Crippen LogP) is 9.16. The zero-order valence-corrected chi connectivity index (χ0v) is 27.2. The highest BCUT2D eigenvalue weighted by molar-refractivity contribution is 5.88. The van der Waals surface area contributed by atoms with E-state index in [-0.39, 0.29) is 39.6 Å². The summed E-state index contributed by atoms with van der Waals surface area (Å²) in [4.78, 5) is 52.3. The highest BCUT2D eigenvalue weighted by atomic mass is 16.6. The number of rotatable bonds is 11. The van der Waals surface area contributed by atoms with Gasteiger partial charge in [-0.05, 0) is 53.3 Å². The van der Waals surface area contributed by atoms with E-state index in [0.29, 0.717) is 23.0 Å². The maximum atomic E-state index is 11.1. The fraction of sp³-hybridized carbons (Fsp3) is 0.167. The number of nitro benzene ring substituents is 3. The number of allylic oxidation sites excluding steroid dienone is 1. The Bertz CT molecular complexity index is 1750. The van der Waals surface area contributed by atoms with Gasteiger partial charge in [0.1, 0.15) is 0 Å². The Morgan fingerprint density at radius 3 is 1.52 bits per heavy atom. The van der Waals surface area contributed by atoms with E-state index >= 15 is 0 Å². The molecule has 0 saturated carbocycles. The molecule has 12 nitrogen and oxygen atoms in total. The molecule has 250 valence electrons. The molecule has 0 heterocycles. The second-order valence-corrected chi connectivity index (χ2v) is 10.7. The molecule has 0 unspecified atom stereocenters. The minimum Gasteiger partial charge on any atom is -0.463 e. The second kappa shape index (κ2) is 19.3. The number of carbonyl (C=O) groups excluding carboxylic acids is 2. The Labute approximate surface area is 278 Å². The number of ether oxygens (including phenoxy) is 1. The molecule has 0 aliphatic rings. The van der Waals surface area contributed by atoms with Crippen LogP contribution in [0.3, 0.4) is 0 Å². The van der Waals surface area contributed by atoms with Gasteiger partial charge in [-0.1, -0.05) is 89.1 Å². The summed E-state index contributed by atoms with van der Waals surface area (Å²) in [7, 11) is 0. The van der Waals surface area contributed by atoms with Crippen molar-refractivity contribution < 1.29 is 29.1 Å². The lowest BCUT2D eigenvalue weighted by molar-refractivity contribution is -0.385. The standard InChI is InChI=1S/C14H17NO2.C12H11NO5.C10H9NO2/c1-5-12-7-6-11(8-9-14(2,3)4)10-13(12)15(16)17;1-2-18-12(15)6-4-9-3-5-10(8-14)11(7-9)13(16)17;1-3-8-5-6-9(4-2)10(7-8)11(12)13/h5-10H,1H2,2-4H3;3-8H,2H2,1H3;3-7H,1-2H2/b9-8+;6-4+;. The minimum absolute atomic E-state index is 0.00622. The van der Waals surface area contributed by atoms with Gasteiger partial charge in [-0.3, -0.25) is 35.1 Å². The fourth-order valence-electron chi connectivity index (χ4n) is 3.64. The average Bonchev–Trinajstić information content (AvgIpc) is 3.06. The SMILES string of the molecule is C=Cc1ccc(/C=C/C(C)(C)C)cc1[N+](=O)[O-].C=Cc1ccc(C=C)c([N+](=O)[O-])c1.CCOC(=O)/C=C/c1ccc(C=O)c([N+](=O)[O-])c1. The van der Waals surface area contributed by atoms with Crippen LogP contribution in [-0.4, -0.2) is 33.6 Å². The van der Waals surface area contributed by atoms with Crippen LogP contribution in [-0.2, 0) is 9.53 Å². The number of carbonyl (C=O) groups is 2. The van der Waals surface area contributed by atoms with Gasteiger partial charge < -0.3 is 4.74 Å². The van der Waals surface area contributed by atoms with Gasteiger partial charge in [0.2, 0.25) is 0 Å². The fourth-order valence-corrected chi connectivity index (χ4v) is 3.64. The van der Waals surface area contributed by atoms with Crippen molar-refractivity contribution in [2.75, 3.05) is 6.61 Å². The van der Waals surface area contributed by atoms with Gasteiger partial charge in [0.05, 0.1) is 38.1 Å². The topological polar surface area (TPSA) is 173 Å². The van der Waals surface area contributed by atoms with Gasteiger partial charge in [0.25, 0.3) is 17.1 Å². The Balaban J connectivity index is 0.000000365. The van der Waals surface area contributed by atoms with Gasteiger partial charge in [0, 0.05) is 24.3 Å². The van der Waals surface area contributed by atoms with E-state index in [9.17, 15) is 39.9 Å². The number of hydrogen-bond donors (Lipinski definition) is 0. The Kier molecular flexibility index (Phi) is 15.9. The van der Waals surface area contributed by atoms with Crippen molar-refractivity contribution in [3.05, 3.63) is 150 Å². The molecule has 0 saturated heterocycles. The van der Waals surface area contributed by atoms with Crippen LogP contribution in [0.1, 0.15) is 65.9 Å². The first-order chi connectivity index (χ1) is 22.6. The van der Waals surface area contributed by atoms with Crippen molar-refractivity contribution in [2.45, 2.75) is 27.7 Å². The molecule has 0 spiro atoms. The Morgan fingerprint density at radius 1 is 0.708 bits per heavy atom. The van der Waals surface area contributed by atoms with E-state index in [1.54, 1.807) is 37.3 Å². The molecule has 0 amide bonds. The van der Waals surface area contributed by atoms with E-state index < -0.39 is 15.8 Å². The quantitative estimate of drug-likeness (QED) is 0.0641. The number of esters is 1. The molecule has 12 heteroatoms. The summed E-state index contributed by atoms with van der Waals surface area (Å²) in [5, 5.41) is 32.1. The van der Waals surface area contributed by atoms with E-state index in [4.69, 9.17) is 0 Å². The lowest BCUT2D eigenvalue weighted by Gasteiger charge is -2.11. The molecule has 3 aromatic carbocycles. The second-order valence-electron chi connectivity index (χ2n) is 10.7. The van der Waals surface area contributed by atoms with E-state index in [0.717, 1.165) is 11.1 Å². The molecule has 3 aromatic rings. The number of aldehydes is 1. The molecule has 0 aliphatic heterocycles. The first kappa shape index (κ1) is 39.7. The summed E-state index contributed by atoms with van der Waals surface area (Å²) in [5.41, 5.74) is 2.99. The maximum absolute atomic E-state index is 11.1. The van der Waals surface area contributed by atoms with Crippen LogP contribution in [0, 0.1) is 35.8 Å². The maximum Gasteiger partial charge on any atom is 0.330 e. The normalized spacial score (nSPS) is 10.5. The Morgan fingerprint density at radius 2 is 1.12 bits per heavy atom. The minimum atomic E-state index is -0.647. The van der Waals surface area contributed by atoms with E-state index in [1.165, 1.54) is 48.6 Å². The van der Waals surface area contributed by atoms with E-state index in [1.807, 2.05) is 18.2 Å². The number of hydrogen-bond acceptors (Lipinski definition) is 9. The van der Waals surface area contributed by atoms with Gasteiger partial charge >= 0.3 is 5.97 Å². The highest BCUT2D eigenvalue weighted by Gasteiger charge is 2.14. The third-order valence-electron chi connectivity index (χ3n) is 6.03. The zero-order chi connectivity index (χ0) is 36.4. The largest absolute Gasteiger partial charge is 0.463 e. The lowest BCUT2D eigenvalue weighted by Crippen LogP contribution is -1.99. The van der Waals surface area contributed by atoms with Crippen molar-refractivity contribution in [2.24, 2.45) is 5.41 Å². The van der Waals surface area contributed by atoms with Crippen LogP contribution in [0.25, 0.3) is 30.4 Å². The van der Waals surface area contributed by atoms with Crippen LogP contribution < -0.4 is 0 Å². The number of nitro groups is 3. The number of nitrogens with zero attached hydrogens (tertiary/aromatic N) is 3. The Hall–Kier alpha value is -6.30. The van der Waals surface area contributed by atoms with Crippen molar-refractivity contribution >= 4 is 59.7 Å². The van der Waals surface area contributed by atoms with Crippen LogP contribution >= 0.6 is 0 Å². The molecule has 48 heavy (non-hydrogen) atoms. The van der Waals surface area contributed by atoms with Crippen molar-refractivity contribution in [1.82, 2.24) is 0 Å². The van der Waals surface area contributed by atoms with Crippen LogP contribution in [0.15, 0.2) is 86.5 Å². The van der Waals surface area contributed by atoms with E-state index in [2.05, 4.69) is 45.2 Å². The molecule has 0 aromatic heterocycles. The number of benzene rings is 3. The summed E-state index contributed by atoms with van der Waals surface area (Å²) in [6, 6.07) is 14.1. The smallest absolute Gasteiger partial charge is 0.330 e. The third-order valence-corrected chi connectivity index (χ3v) is 6.03. The summed E-state index contributed by atoms with van der Waals surface area (Å²) in [6.07, 6.45) is 11.4. The first-order valence-corrected chi connectivity index (χ1v) is 14.3. The summed E-state index contributed by atoms with van der Waals surface area (Å²) in [5.74, 6) is -0.528. The molecular weight excluding hydrogens is 618 g/mol. The van der Waals surface area contributed by atoms with Crippen molar-refractivity contribution in [3.8, 4) is 0 Å². The van der Waals surface area contributed by atoms with Gasteiger partial charge in [0.15, 0.2) is 6.29 Å². The summed E-state index contributed by atoms with van der Waals surface area (Å²) >= 11 is 0. The average molecular weight is 656 g/mol. The van der Waals surface area contributed by atoms with Crippen molar-refractivity contribution in [3.63, 3.8) is 0 Å². The van der Waals surface area contributed by atoms with Crippen LogP contribution in [0.5, 0.6) is 0 Å². The molecular formula is C36H37N3O9. The van der Waals surface area contributed by atoms with Crippen molar-refractivity contribution in [1.29, 1.82) is 0 Å². The van der Waals surface area contributed by atoms with Gasteiger partial charge in [-0.2, -0.15) is 0 Å². The molecule has 0 radical (unpaired) electrons. The van der Waals surface area contributed by atoms with Crippen LogP contribution in [0.4, 0.5) is 17.1 Å². The lowest BCUT2D eigenvalue weighted by atomic mass is 9.95. The molecule has 0 aliphatic carbocycles. The molecule has 0 atom stereocenters. The monoisotopic (exact) mass is 655 g/mol. The van der Waals surface area contributed by atoms with Crippen LogP contribution in [0.2, 0.25) is 0 Å². The summed E-state index contributed by atoms with van der Waals surface area (Å²) < 4.78 is 4.67. The summed E-state index contributed by atoms with van der Waals surface area (Å²) in [6.45, 7) is 18.8. The molecule has 0 bridgehead atoms. The zero-order valence-electron chi connectivity index (χ0n) is 27.2.